The lowest BCUT2D eigenvalue weighted by molar-refractivity contribution is 0.200. The third kappa shape index (κ3) is 3.47. The van der Waals surface area contributed by atoms with Crippen LogP contribution in [0.2, 0.25) is 0 Å². The lowest BCUT2D eigenvalue weighted by Crippen LogP contribution is -2.27. The minimum atomic E-state index is 0.170. The molecule has 0 fully saturated rings. The van der Waals surface area contributed by atoms with Crippen LogP contribution in [0.5, 0.6) is 0 Å². The number of hydrogen-bond donors (Lipinski definition) is 1. The topological polar surface area (TPSA) is 41.3 Å². The molecule has 0 spiro atoms. The Morgan fingerprint density at radius 1 is 1.62 bits per heavy atom. The minimum absolute atomic E-state index is 0.170. The fraction of sp³-hybridized carbons (Fsp3) is 0.583. The average Bonchev–Trinajstić information content (AvgIpc) is 2.66. The second-order valence-electron chi connectivity index (χ2n) is 4.13. The highest BCUT2D eigenvalue weighted by atomic mass is 16.3. The zero-order valence-electron chi connectivity index (χ0n) is 10.1. The predicted molar refractivity (Wildman–Crippen MR) is 65.2 cm³/mol. The molecule has 0 aliphatic carbocycles. The van der Waals surface area contributed by atoms with Crippen molar-refractivity contribution in [3.8, 4) is 0 Å². The number of aromatic nitrogens is 2. The van der Waals surface area contributed by atoms with Gasteiger partial charge in [0.2, 0.25) is 0 Å². The first-order valence-corrected chi connectivity index (χ1v) is 5.63. The first-order valence-electron chi connectivity index (χ1n) is 5.63. The van der Waals surface area contributed by atoms with Gasteiger partial charge in [-0.05, 0) is 13.8 Å². The summed E-state index contributed by atoms with van der Waals surface area (Å²) < 4.78 is 2.15. The summed E-state index contributed by atoms with van der Waals surface area (Å²) in [6.45, 7) is 10.4. The molecule has 90 valence electrons. The highest BCUT2D eigenvalue weighted by Crippen LogP contribution is 2.11. The summed E-state index contributed by atoms with van der Waals surface area (Å²) in [4.78, 5) is 6.31. The summed E-state index contributed by atoms with van der Waals surface area (Å²) in [5.74, 6) is 0. The summed E-state index contributed by atoms with van der Waals surface area (Å²) in [7, 11) is 0. The van der Waals surface area contributed by atoms with Gasteiger partial charge in [-0.25, -0.2) is 4.98 Å². The number of rotatable bonds is 7. The Hall–Kier alpha value is -1.13. The van der Waals surface area contributed by atoms with Crippen LogP contribution in [-0.2, 0) is 6.54 Å². The summed E-state index contributed by atoms with van der Waals surface area (Å²) in [5.41, 5.74) is 1.17. The van der Waals surface area contributed by atoms with Crippen LogP contribution in [0.1, 0.15) is 25.6 Å². The van der Waals surface area contributed by atoms with Gasteiger partial charge in [0.15, 0.2) is 0 Å². The van der Waals surface area contributed by atoms with Gasteiger partial charge in [0.1, 0.15) is 0 Å². The second kappa shape index (κ2) is 6.45. The first-order chi connectivity index (χ1) is 7.69. The quantitative estimate of drug-likeness (QED) is 0.711. The van der Waals surface area contributed by atoms with E-state index in [1.54, 1.807) is 0 Å². The number of nitrogens with zero attached hydrogens (tertiary/aromatic N) is 3. The van der Waals surface area contributed by atoms with Gasteiger partial charge in [-0.1, -0.05) is 6.08 Å². The van der Waals surface area contributed by atoms with Crippen molar-refractivity contribution < 1.29 is 5.11 Å². The van der Waals surface area contributed by atoms with Crippen molar-refractivity contribution in [3.05, 3.63) is 30.9 Å². The fourth-order valence-corrected chi connectivity index (χ4v) is 1.71. The molecule has 1 aromatic heterocycles. The van der Waals surface area contributed by atoms with Gasteiger partial charge in [-0.3, -0.25) is 4.90 Å². The normalized spacial score (nSPS) is 11.3. The van der Waals surface area contributed by atoms with Crippen LogP contribution in [0.3, 0.4) is 0 Å². The van der Waals surface area contributed by atoms with Crippen LogP contribution in [0, 0.1) is 0 Å². The summed E-state index contributed by atoms with van der Waals surface area (Å²) >= 11 is 0. The Kier molecular flexibility index (Phi) is 5.22. The largest absolute Gasteiger partial charge is 0.395 e. The van der Waals surface area contributed by atoms with E-state index in [1.165, 1.54) is 5.69 Å². The molecule has 1 heterocycles. The molecular weight excluding hydrogens is 202 g/mol. The SMILES string of the molecule is C=CCN(CCO)Cc1cncn1C(C)C. The number of aliphatic hydroxyl groups is 1. The molecule has 1 N–H and O–H groups in total. The monoisotopic (exact) mass is 223 g/mol. The molecule has 0 unspecified atom stereocenters. The Morgan fingerprint density at radius 3 is 2.94 bits per heavy atom. The van der Waals surface area contributed by atoms with Gasteiger partial charge in [0.05, 0.1) is 18.6 Å². The lowest BCUT2D eigenvalue weighted by atomic mass is 10.3. The van der Waals surface area contributed by atoms with Crippen LogP contribution in [0.4, 0.5) is 0 Å². The lowest BCUT2D eigenvalue weighted by Gasteiger charge is -2.21. The van der Waals surface area contributed by atoms with E-state index in [0.717, 1.165) is 13.1 Å². The number of aliphatic hydroxyl groups excluding tert-OH is 1. The summed E-state index contributed by atoms with van der Waals surface area (Å²) in [6, 6.07) is 0.414. The molecule has 1 aromatic rings. The van der Waals surface area contributed by atoms with Crippen molar-refractivity contribution in [2.75, 3.05) is 19.7 Å². The predicted octanol–water partition coefficient (Wildman–Crippen LogP) is 1.44. The zero-order chi connectivity index (χ0) is 12.0. The molecule has 16 heavy (non-hydrogen) atoms. The van der Waals surface area contributed by atoms with E-state index in [9.17, 15) is 0 Å². The van der Waals surface area contributed by atoms with Crippen molar-refractivity contribution in [1.82, 2.24) is 14.5 Å². The van der Waals surface area contributed by atoms with Gasteiger partial charge < -0.3 is 9.67 Å². The van der Waals surface area contributed by atoms with Gasteiger partial charge in [-0.15, -0.1) is 6.58 Å². The fourth-order valence-electron chi connectivity index (χ4n) is 1.71. The first kappa shape index (κ1) is 12.9. The molecule has 0 saturated carbocycles. The standard InChI is InChI=1S/C12H21N3O/c1-4-5-14(6-7-16)9-12-8-13-10-15(12)11(2)3/h4,8,10-11,16H,1,5-7,9H2,2-3H3. The maximum Gasteiger partial charge on any atom is 0.0951 e. The van der Waals surface area contributed by atoms with E-state index >= 15 is 0 Å². The minimum Gasteiger partial charge on any atom is -0.395 e. The highest BCUT2D eigenvalue weighted by Gasteiger charge is 2.09. The molecule has 0 bridgehead atoms. The van der Waals surface area contributed by atoms with Gasteiger partial charge in [0, 0.05) is 31.9 Å². The molecule has 4 heteroatoms. The molecule has 0 atom stereocenters. The third-order valence-corrected chi connectivity index (χ3v) is 2.49. The highest BCUT2D eigenvalue weighted by molar-refractivity contribution is 5.00. The number of imidazole rings is 1. The van der Waals surface area contributed by atoms with Gasteiger partial charge in [0.25, 0.3) is 0 Å². The van der Waals surface area contributed by atoms with Crippen molar-refractivity contribution in [2.24, 2.45) is 0 Å². The summed E-state index contributed by atoms with van der Waals surface area (Å²) in [6.07, 6.45) is 5.59. The van der Waals surface area contributed by atoms with Crippen LogP contribution >= 0.6 is 0 Å². The molecule has 0 saturated heterocycles. The van der Waals surface area contributed by atoms with E-state index in [0.29, 0.717) is 12.6 Å². The Labute approximate surface area is 97.2 Å². The molecule has 1 rings (SSSR count). The van der Waals surface area contributed by atoms with Crippen molar-refractivity contribution in [3.63, 3.8) is 0 Å². The van der Waals surface area contributed by atoms with Gasteiger partial charge >= 0.3 is 0 Å². The van der Waals surface area contributed by atoms with Crippen molar-refractivity contribution in [2.45, 2.75) is 26.4 Å². The molecule has 4 nitrogen and oxygen atoms in total. The van der Waals surface area contributed by atoms with Crippen LogP contribution < -0.4 is 0 Å². The summed E-state index contributed by atoms with van der Waals surface area (Å²) in [5, 5.41) is 8.97. The van der Waals surface area contributed by atoms with E-state index in [1.807, 2.05) is 18.6 Å². The molecule has 0 aliphatic heterocycles. The average molecular weight is 223 g/mol. The van der Waals surface area contributed by atoms with E-state index in [4.69, 9.17) is 5.11 Å². The molecule has 0 radical (unpaired) electrons. The molecule has 0 aliphatic rings. The molecular formula is C12H21N3O. The maximum absolute atomic E-state index is 8.97. The van der Waals surface area contributed by atoms with E-state index in [-0.39, 0.29) is 6.61 Å². The maximum atomic E-state index is 8.97. The Balaban J connectivity index is 2.68. The number of hydrogen-bond acceptors (Lipinski definition) is 3. The van der Waals surface area contributed by atoms with E-state index in [2.05, 4.69) is 34.9 Å². The zero-order valence-corrected chi connectivity index (χ0v) is 10.1. The van der Waals surface area contributed by atoms with Crippen LogP contribution in [0.15, 0.2) is 25.2 Å². The third-order valence-electron chi connectivity index (χ3n) is 2.49. The van der Waals surface area contributed by atoms with Crippen molar-refractivity contribution >= 4 is 0 Å². The van der Waals surface area contributed by atoms with Crippen LogP contribution in [-0.4, -0.2) is 39.3 Å². The van der Waals surface area contributed by atoms with Gasteiger partial charge in [-0.2, -0.15) is 0 Å². The Bertz CT molecular complexity index is 320. The van der Waals surface area contributed by atoms with Crippen molar-refractivity contribution in [1.29, 1.82) is 0 Å². The molecule has 0 aromatic carbocycles. The van der Waals surface area contributed by atoms with E-state index < -0.39 is 0 Å². The Morgan fingerprint density at radius 2 is 2.38 bits per heavy atom. The second-order valence-corrected chi connectivity index (χ2v) is 4.13. The van der Waals surface area contributed by atoms with Crippen LogP contribution in [0.25, 0.3) is 0 Å². The molecule has 0 amide bonds. The smallest absolute Gasteiger partial charge is 0.0951 e.